The molecule has 1 aromatic heterocycles. The van der Waals surface area contributed by atoms with Crippen LogP contribution in [-0.4, -0.2) is 41.5 Å². The summed E-state index contributed by atoms with van der Waals surface area (Å²) in [6, 6.07) is 7.23. The van der Waals surface area contributed by atoms with Gasteiger partial charge in [-0.3, -0.25) is 14.2 Å². The third kappa shape index (κ3) is 4.69. The van der Waals surface area contributed by atoms with Crippen LogP contribution >= 0.6 is 11.8 Å². The predicted octanol–water partition coefficient (Wildman–Crippen LogP) is 1.83. The first-order chi connectivity index (χ1) is 11.7. The van der Waals surface area contributed by atoms with Gasteiger partial charge in [-0.05, 0) is 18.6 Å². The van der Waals surface area contributed by atoms with Crippen molar-refractivity contribution in [1.82, 2.24) is 14.9 Å². The fourth-order valence-corrected chi connectivity index (χ4v) is 3.04. The lowest BCUT2D eigenvalue weighted by Gasteiger charge is -2.12. The molecular formula is C17H21N3O3S. The van der Waals surface area contributed by atoms with E-state index >= 15 is 0 Å². The number of thioether (sulfide) groups is 1. The summed E-state index contributed by atoms with van der Waals surface area (Å²) in [5, 5.41) is 3.84. The second-order valence-corrected chi connectivity index (χ2v) is 6.04. The average molecular weight is 347 g/mol. The molecule has 0 aliphatic heterocycles. The summed E-state index contributed by atoms with van der Waals surface area (Å²) < 4.78 is 6.68. The molecule has 0 unspecified atom stereocenters. The molecule has 0 atom stereocenters. The highest BCUT2D eigenvalue weighted by molar-refractivity contribution is 7.99. The molecule has 0 fully saturated rings. The number of para-hydroxylation sites is 1. The molecule has 24 heavy (non-hydrogen) atoms. The zero-order valence-electron chi connectivity index (χ0n) is 13.7. The zero-order valence-corrected chi connectivity index (χ0v) is 14.5. The third-order valence-corrected chi connectivity index (χ3v) is 4.31. The van der Waals surface area contributed by atoms with E-state index in [1.807, 2.05) is 12.1 Å². The average Bonchev–Trinajstić information content (AvgIpc) is 2.60. The first kappa shape index (κ1) is 18.2. The van der Waals surface area contributed by atoms with Crippen molar-refractivity contribution in [3.63, 3.8) is 0 Å². The minimum absolute atomic E-state index is 0.0919. The van der Waals surface area contributed by atoms with Crippen LogP contribution in [0.15, 0.2) is 46.9 Å². The fraction of sp³-hybridized carbons (Fsp3) is 0.353. The van der Waals surface area contributed by atoms with Crippen molar-refractivity contribution in [3.8, 4) is 0 Å². The zero-order chi connectivity index (χ0) is 17.4. The Labute approximate surface area is 144 Å². The number of amides is 1. The molecule has 2 aromatic rings. The Morgan fingerprint density at radius 2 is 2.25 bits per heavy atom. The van der Waals surface area contributed by atoms with Crippen molar-refractivity contribution in [3.05, 3.63) is 47.3 Å². The number of methoxy groups -OCH3 is 1. The van der Waals surface area contributed by atoms with Gasteiger partial charge in [0.2, 0.25) is 5.91 Å². The largest absolute Gasteiger partial charge is 0.385 e. The van der Waals surface area contributed by atoms with Crippen LogP contribution in [0, 0.1) is 0 Å². The lowest BCUT2D eigenvalue weighted by molar-refractivity contribution is -0.118. The summed E-state index contributed by atoms with van der Waals surface area (Å²) in [6.45, 7) is 5.04. The molecule has 1 heterocycles. The van der Waals surface area contributed by atoms with Gasteiger partial charge in [-0.2, -0.15) is 0 Å². The number of nitrogens with one attached hydrogen (secondary N) is 1. The number of benzene rings is 1. The first-order valence-corrected chi connectivity index (χ1v) is 8.65. The lowest BCUT2D eigenvalue weighted by atomic mass is 10.2. The van der Waals surface area contributed by atoms with E-state index in [-0.39, 0.29) is 17.2 Å². The molecule has 1 aromatic carbocycles. The Morgan fingerprint density at radius 3 is 3.00 bits per heavy atom. The topological polar surface area (TPSA) is 73.2 Å². The second kappa shape index (κ2) is 9.24. The van der Waals surface area contributed by atoms with Gasteiger partial charge in [0.25, 0.3) is 5.56 Å². The van der Waals surface area contributed by atoms with E-state index in [1.54, 1.807) is 29.9 Å². The molecule has 0 spiro atoms. The van der Waals surface area contributed by atoms with Crippen molar-refractivity contribution >= 4 is 28.6 Å². The fourth-order valence-electron chi connectivity index (χ4n) is 2.19. The molecule has 1 N–H and O–H groups in total. The second-order valence-electron chi connectivity index (χ2n) is 5.10. The highest BCUT2D eigenvalue weighted by atomic mass is 32.2. The van der Waals surface area contributed by atoms with E-state index in [9.17, 15) is 9.59 Å². The normalized spacial score (nSPS) is 10.7. The quantitative estimate of drug-likeness (QED) is 0.324. The van der Waals surface area contributed by atoms with Crippen molar-refractivity contribution in [1.29, 1.82) is 0 Å². The van der Waals surface area contributed by atoms with Gasteiger partial charge in [0.1, 0.15) is 0 Å². The van der Waals surface area contributed by atoms with Crippen LogP contribution in [0.4, 0.5) is 0 Å². The van der Waals surface area contributed by atoms with Crippen molar-refractivity contribution in [2.75, 3.05) is 26.0 Å². The molecule has 0 saturated carbocycles. The molecule has 0 aliphatic carbocycles. The van der Waals surface area contributed by atoms with Crippen molar-refractivity contribution in [2.24, 2.45) is 0 Å². The van der Waals surface area contributed by atoms with Crippen LogP contribution in [-0.2, 0) is 16.1 Å². The number of hydrogen-bond acceptors (Lipinski definition) is 5. The van der Waals surface area contributed by atoms with E-state index in [4.69, 9.17) is 4.74 Å². The van der Waals surface area contributed by atoms with Crippen LogP contribution in [0.1, 0.15) is 6.42 Å². The Balaban J connectivity index is 2.27. The summed E-state index contributed by atoms with van der Waals surface area (Å²) in [4.78, 5) is 29.0. The Hall–Kier alpha value is -2.12. The number of fused-ring (bicyclic) bond motifs is 1. The smallest absolute Gasteiger partial charge is 0.262 e. The predicted molar refractivity (Wildman–Crippen MR) is 96.4 cm³/mol. The summed E-state index contributed by atoms with van der Waals surface area (Å²) in [5.41, 5.74) is 0.546. The number of carbonyl (C=O) groups is 1. The Bertz CT molecular complexity index is 773. The van der Waals surface area contributed by atoms with E-state index in [1.165, 1.54) is 11.8 Å². The van der Waals surface area contributed by atoms with Crippen LogP contribution in [0.25, 0.3) is 10.9 Å². The Morgan fingerprint density at radius 1 is 1.46 bits per heavy atom. The van der Waals surface area contributed by atoms with Crippen molar-refractivity contribution < 1.29 is 9.53 Å². The first-order valence-electron chi connectivity index (χ1n) is 7.66. The summed E-state index contributed by atoms with van der Waals surface area (Å²) in [6.07, 6.45) is 2.32. The molecular weight excluding hydrogens is 326 g/mol. The number of aromatic nitrogens is 2. The van der Waals surface area contributed by atoms with Gasteiger partial charge in [-0.25, -0.2) is 4.98 Å². The summed E-state index contributed by atoms with van der Waals surface area (Å²) in [5.74, 6) is 0.0776. The van der Waals surface area contributed by atoms with E-state index in [2.05, 4.69) is 16.9 Å². The molecule has 0 saturated heterocycles. The highest BCUT2D eigenvalue weighted by Crippen LogP contribution is 2.18. The molecule has 1 amide bonds. The molecule has 0 radical (unpaired) electrons. The van der Waals surface area contributed by atoms with E-state index in [0.29, 0.717) is 42.2 Å². The standard InChI is InChI=1S/C17H21N3O3S/c1-3-9-18-15(21)12-24-17-19-14-8-5-4-7-13(14)16(22)20(17)10-6-11-23-2/h3-5,7-8H,1,6,9-12H2,2H3,(H,18,21). The van der Waals surface area contributed by atoms with E-state index in [0.717, 1.165) is 0 Å². The highest BCUT2D eigenvalue weighted by Gasteiger charge is 2.12. The number of ether oxygens (including phenoxy) is 1. The van der Waals surface area contributed by atoms with Crippen molar-refractivity contribution in [2.45, 2.75) is 18.1 Å². The minimum atomic E-state index is -0.120. The maximum atomic E-state index is 12.7. The van der Waals surface area contributed by atoms with Crippen LogP contribution in [0.5, 0.6) is 0 Å². The number of rotatable bonds is 9. The number of nitrogens with zero attached hydrogens (tertiary/aromatic N) is 2. The van der Waals surface area contributed by atoms with Crippen LogP contribution in [0.3, 0.4) is 0 Å². The molecule has 7 heteroatoms. The maximum Gasteiger partial charge on any atom is 0.262 e. The molecule has 2 rings (SSSR count). The number of carbonyl (C=O) groups excluding carboxylic acids is 1. The minimum Gasteiger partial charge on any atom is -0.385 e. The Kier molecular flexibility index (Phi) is 7.02. The molecule has 0 aliphatic rings. The molecule has 0 bridgehead atoms. The monoisotopic (exact) mass is 347 g/mol. The van der Waals surface area contributed by atoms with Gasteiger partial charge in [0.15, 0.2) is 5.16 Å². The van der Waals surface area contributed by atoms with Crippen LogP contribution in [0.2, 0.25) is 0 Å². The summed E-state index contributed by atoms with van der Waals surface area (Å²) >= 11 is 1.26. The molecule has 6 nitrogen and oxygen atoms in total. The van der Waals surface area contributed by atoms with Gasteiger partial charge < -0.3 is 10.1 Å². The van der Waals surface area contributed by atoms with Gasteiger partial charge >= 0.3 is 0 Å². The van der Waals surface area contributed by atoms with Gasteiger partial charge in [0.05, 0.1) is 16.7 Å². The lowest BCUT2D eigenvalue weighted by Crippen LogP contribution is -2.27. The van der Waals surface area contributed by atoms with Crippen LogP contribution < -0.4 is 10.9 Å². The van der Waals surface area contributed by atoms with Gasteiger partial charge in [-0.15, -0.1) is 6.58 Å². The molecule has 128 valence electrons. The number of hydrogen-bond donors (Lipinski definition) is 1. The van der Waals surface area contributed by atoms with E-state index < -0.39 is 0 Å². The van der Waals surface area contributed by atoms with Gasteiger partial charge in [0, 0.05) is 26.8 Å². The van der Waals surface area contributed by atoms with Gasteiger partial charge in [-0.1, -0.05) is 30.0 Å². The third-order valence-electron chi connectivity index (χ3n) is 3.33. The maximum absolute atomic E-state index is 12.7. The SMILES string of the molecule is C=CCNC(=O)CSc1nc2ccccc2c(=O)n1CCCOC. The summed E-state index contributed by atoms with van der Waals surface area (Å²) in [7, 11) is 1.63.